The van der Waals surface area contributed by atoms with Crippen LogP contribution in [0.2, 0.25) is 0 Å². The van der Waals surface area contributed by atoms with Crippen LogP contribution in [-0.4, -0.2) is 38.3 Å². The second-order valence-corrected chi connectivity index (χ2v) is 14.4. The van der Waals surface area contributed by atoms with E-state index in [1.807, 2.05) is 41.5 Å². The standard InChI is InChI=1S/3C8H19O3P.Cr/c3*1-3-5-7-11-12(9,10)8-6-4-2;/h3*3-8H2,1-2H3,(H,9,10);/q;;;+3/p-3. The van der Waals surface area contributed by atoms with E-state index in [9.17, 15) is 28.4 Å². The smallest absolute Gasteiger partial charge is 0.778 e. The number of unbranched alkanes of at least 4 members (excludes halogenated alkanes) is 6. The van der Waals surface area contributed by atoms with E-state index in [-0.39, 0.29) is 35.8 Å². The van der Waals surface area contributed by atoms with Gasteiger partial charge in [0.15, 0.2) is 0 Å². The Morgan fingerprint density at radius 3 is 0.784 bits per heavy atom. The average Bonchev–Trinajstić information content (AvgIpc) is 2.81. The van der Waals surface area contributed by atoms with Crippen molar-refractivity contribution in [1.82, 2.24) is 0 Å². The van der Waals surface area contributed by atoms with Crippen molar-refractivity contribution in [2.45, 2.75) is 119 Å². The summed E-state index contributed by atoms with van der Waals surface area (Å²) in [5, 5.41) is 0. The van der Waals surface area contributed by atoms with Gasteiger partial charge in [0.2, 0.25) is 0 Å². The van der Waals surface area contributed by atoms with Gasteiger partial charge in [-0.15, -0.1) is 0 Å². The maximum atomic E-state index is 11.1. The Morgan fingerprint density at radius 2 is 0.622 bits per heavy atom. The Morgan fingerprint density at radius 1 is 0.432 bits per heavy atom. The Hall–Kier alpha value is 0.982. The van der Waals surface area contributed by atoms with Gasteiger partial charge in [-0.2, -0.15) is 0 Å². The van der Waals surface area contributed by atoms with Crippen LogP contribution < -0.4 is 14.7 Å². The second kappa shape index (κ2) is 30.0. The molecular weight excluding hydrogens is 577 g/mol. The zero-order valence-corrected chi connectivity index (χ0v) is 28.1. The topological polar surface area (TPSA) is 148 Å². The zero-order chi connectivity index (χ0) is 28.3. The summed E-state index contributed by atoms with van der Waals surface area (Å²) in [6.07, 6.45) is 10.7. The van der Waals surface area contributed by atoms with Crippen LogP contribution in [-0.2, 0) is 44.6 Å². The maximum absolute atomic E-state index is 11.1. The Bertz CT molecular complexity index is 529. The van der Waals surface area contributed by atoms with E-state index < -0.39 is 22.8 Å². The van der Waals surface area contributed by atoms with E-state index in [2.05, 4.69) is 0 Å². The molecule has 37 heavy (non-hydrogen) atoms. The van der Waals surface area contributed by atoms with Crippen molar-refractivity contribution >= 4 is 22.8 Å². The van der Waals surface area contributed by atoms with Gasteiger partial charge in [-0.3, -0.25) is 0 Å². The molecule has 0 aromatic heterocycles. The van der Waals surface area contributed by atoms with E-state index >= 15 is 0 Å². The van der Waals surface area contributed by atoms with Crippen molar-refractivity contribution in [3.8, 4) is 0 Å². The minimum absolute atomic E-state index is 0. The van der Waals surface area contributed by atoms with Gasteiger partial charge in [-0.25, -0.2) is 0 Å². The molecule has 0 heterocycles. The Labute approximate surface area is 238 Å². The van der Waals surface area contributed by atoms with Crippen molar-refractivity contribution in [2.24, 2.45) is 0 Å². The van der Waals surface area contributed by atoms with E-state index in [1.54, 1.807) is 0 Å². The molecule has 9 nitrogen and oxygen atoms in total. The summed E-state index contributed by atoms with van der Waals surface area (Å²) in [5.74, 6) is 0. The minimum Gasteiger partial charge on any atom is -0.778 e. The molecule has 0 aliphatic rings. The van der Waals surface area contributed by atoms with E-state index in [1.165, 1.54) is 0 Å². The van der Waals surface area contributed by atoms with E-state index in [4.69, 9.17) is 13.6 Å². The molecule has 0 aromatic carbocycles. The van der Waals surface area contributed by atoms with Gasteiger partial charge < -0.3 is 41.9 Å². The fourth-order valence-corrected chi connectivity index (χ4v) is 6.01. The van der Waals surface area contributed by atoms with Gasteiger partial charge in [-0.05, 0) is 38.5 Å². The maximum Gasteiger partial charge on any atom is 3.00 e. The molecule has 0 bridgehead atoms. The molecular formula is C24H54CrO9P3. The molecule has 0 aromatic rings. The van der Waals surface area contributed by atoms with E-state index in [0.29, 0.717) is 39.1 Å². The van der Waals surface area contributed by atoms with Crippen LogP contribution in [0.25, 0.3) is 0 Å². The molecule has 0 saturated carbocycles. The van der Waals surface area contributed by atoms with Crippen LogP contribution in [0.4, 0.5) is 0 Å². The van der Waals surface area contributed by atoms with Crippen LogP contribution in [0.15, 0.2) is 0 Å². The number of hydrogen-bond donors (Lipinski definition) is 0. The van der Waals surface area contributed by atoms with Crippen LogP contribution >= 0.6 is 22.8 Å². The third kappa shape index (κ3) is 39.2. The minimum atomic E-state index is -3.49. The van der Waals surface area contributed by atoms with Crippen molar-refractivity contribution in [3.63, 3.8) is 0 Å². The van der Waals surface area contributed by atoms with Gasteiger partial charge in [0.25, 0.3) is 0 Å². The van der Waals surface area contributed by atoms with Crippen LogP contribution in [0, 0.1) is 0 Å². The van der Waals surface area contributed by atoms with Crippen LogP contribution in [0.1, 0.15) is 119 Å². The van der Waals surface area contributed by atoms with Gasteiger partial charge in [-0.1, -0.05) is 80.1 Å². The first-order valence-electron chi connectivity index (χ1n) is 13.7. The first kappa shape index (κ1) is 45.0. The van der Waals surface area contributed by atoms with Gasteiger partial charge >= 0.3 is 17.4 Å². The molecule has 0 N–H and O–H groups in total. The van der Waals surface area contributed by atoms with Gasteiger partial charge in [0.05, 0.1) is 19.8 Å². The number of rotatable bonds is 21. The summed E-state index contributed by atoms with van der Waals surface area (Å²) in [6, 6.07) is 0. The van der Waals surface area contributed by atoms with Gasteiger partial charge in [0.1, 0.15) is 22.8 Å². The largest absolute Gasteiger partial charge is 3.00 e. The first-order chi connectivity index (χ1) is 16.9. The quantitative estimate of drug-likeness (QED) is 0.103. The van der Waals surface area contributed by atoms with E-state index in [0.717, 1.165) is 57.8 Å². The Balaban J connectivity index is -0.000000218. The number of hydrogen-bond acceptors (Lipinski definition) is 9. The predicted molar refractivity (Wildman–Crippen MR) is 145 cm³/mol. The average molecular weight is 632 g/mol. The summed E-state index contributed by atoms with van der Waals surface area (Å²) in [4.78, 5) is 33.2. The monoisotopic (exact) mass is 631 g/mol. The predicted octanol–water partition coefficient (Wildman–Crippen LogP) is 6.47. The third-order valence-corrected chi connectivity index (χ3v) is 9.03. The fraction of sp³-hybridized carbons (Fsp3) is 1.00. The van der Waals surface area contributed by atoms with Crippen LogP contribution in [0.3, 0.4) is 0 Å². The van der Waals surface area contributed by atoms with Crippen molar-refractivity contribution in [1.29, 1.82) is 0 Å². The molecule has 3 unspecified atom stereocenters. The summed E-state index contributed by atoms with van der Waals surface area (Å²) in [5.41, 5.74) is 0. The SMILES string of the molecule is CCCCOP(=O)([O-])CCCC.CCCCOP(=O)([O-])CCCC.CCCCOP(=O)([O-])CCCC.[Cr+3]. The van der Waals surface area contributed by atoms with Crippen molar-refractivity contribution < 1.29 is 59.3 Å². The fourth-order valence-electron chi connectivity index (χ4n) is 2.29. The molecule has 225 valence electrons. The molecule has 13 heteroatoms. The molecule has 1 radical (unpaired) electrons. The van der Waals surface area contributed by atoms with Crippen molar-refractivity contribution in [3.05, 3.63) is 0 Å². The molecule has 3 atom stereocenters. The van der Waals surface area contributed by atoms with Gasteiger partial charge in [0, 0.05) is 18.5 Å². The second-order valence-electron chi connectivity index (χ2n) is 8.62. The van der Waals surface area contributed by atoms with Crippen molar-refractivity contribution in [2.75, 3.05) is 38.3 Å². The molecule has 0 saturated heterocycles. The summed E-state index contributed by atoms with van der Waals surface area (Å²) in [7, 11) is -10.5. The Kier molecular flexibility index (Phi) is 36.4. The molecule has 0 amide bonds. The molecule has 0 rings (SSSR count). The summed E-state index contributed by atoms with van der Waals surface area (Å²) >= 11 is 0. The normalized spacial score (nSPS) is 15.5. The first-order valence-corrected chi connectivity index (χ1v) is 18.9. The molecule has 0 fully saturated rings. The zero-order valence-electron chi connectivity index (χ0n) is 24.2. The molecule has 0 aliphatic carbocycles. The molecule has 0 spiro atoms. The summed E-state index contributed by atoms with van der Waals surface area (Å²) < 4.78 is 47.5. The third-order valence-electron chi connectivity index (χ3n) is 4.71. The summed E-state index contributed by atoms with van der Waals surface area (Å²) in [6.45, 7) is 13.0. The molecule has 0 aliphatic heterocycles. The van der Waals surface area contributed by atoms with Crippen LogP contribution in [0.5, 0.6) is 0 Å².